The van der Waals surface area contributed by atoms with Gasteiger partial charge in [0.2, 0.25) is 0 Å². The maximum absolute atomic E-state index is 13.3. The van der Waals surface area contributed by atoms with Crippen LogP contribution in [0.1, 0.15) is 24.3 Å². The van der Waals surface area contributed by atoms with E-state index in [4.69, 9.17) is 0 Å². The van der Waals surface area contributed by atoms with E-state index in [1.807, 2.05) is 20.1 Å². The highest BCUT2D eigenvalue weighted by Crippen LogP contribution is 2.24. The highest BCUT2D eigenvalue weighted by Gasteiger charge is 2.30. The number of piperazine rings is 1. The fourth-order valence-corrected chi connectivity index (χ4v) is 4.03. The number of hydrogen-bond acceptors (Lipinski definition) is 5. The SMILES string of the molecule is CSc1ncc(C(=O)N2CCN(C(C#N)C(C)C)CC2)n1-c1ccc(F)cc1. The Labute approximate surface area is 168 Å². The molecule has 8 heteroatoms. The summed E-state index contributed by atoms with van der Waals surface area (Å²) in [5.74, 6) is -0.179. The summed E-state index contributed by atoms with van der Waals surface area (Å²) in [6.45, 7) is 6.54. The molecule has 148 valence electrons. The first-order chi connectivity index (χ1) is 13.5. The maximum Gasteiger partial charge on any atom is 0.272 e. The summed E-state index contributed by atoms with van der Waals surface area (Å²) in [6, 6.07) is 8.27. The van der Waals surface area contributed by atoms with Gasteiger partial charge in [-0.3, -0.25) is 14.3 Å². The van der Waals surface area contributed by atoms with E-state index in [-0.39, 0.29) is 23.7 Å². The van der Waals surface area contributed by atoms with Gasteiger partial charge in [0, 0.05) is 31.9 Å². The molecule has 0 bridgehead atoms. The van der Waals surface area contributed by atoms with Crippen LogP contribution in [0.15, 0.2) is 35.6 Å². The van der Waals surface area contributed by atoms with Crippen molar-refractivity contribution in [2.45, 2.75) is 25.0 Å². The maximum atomic E-state index is 13.3. The number of amides is 1. The largest absolute Gasteiger partial charge is 0.335 e. The predicted molar refractivity (Wildman–Crippen MR) is 107 cm³/mol. The third-order valence-corrected chi connectivity index (χ3v) is 5.63. The van der Waals surface area contributed by atoms with Crippen molar-refractivity contribution in [3.63, 3.8) is 0 Å². The number of carbonyl (C=O) groups is 1. The second kappa shape index (κ2) is 8.76. The third kappa shape index (κ3) is 4.05. The lowest BCUT2D eigenvalue weighted by Crippen LogP contribution is -2.53. The van der Waals surface area contributed by atoms with E-state index in [0.717, 1.165) is 0 Å². The summed E-state index contributed by atoms with van der Waals surface area (Å²) in [7, 11) is 0. The number of nitrogens with zero attached hydrogens (tertiary/aromatic N) is 5. The van der Waals surface area contributed by atoms with E-state index in [2.05, 4.69) is 16.0 Å². The average Bonchev–Trinajstić information content (AvgIpc) is 3.13. The Bertz CT molecular complexity index is 866. The first-order valence-corrected chi connectivity index (χ1v) is 10.5. The van der Waals surface area contributed by atoms with E-state index < -0.39 is 0 Å². The van der Waals surface area contributed by atoms with Gasteiger partial charge >= 0.3 is 0 Å². The number of carbonyl (C=O) groups excluding carboxylic acids is 1. The van der Waals surface area contributed by atoms with Crippen molar-refractivity contribution in [3.05, 3.63) is 42.0 Å². The lowest BCUT2D eigenvalue weighted by atomic mass is 10.0. The number of nitriles is 1. The highest BCUT2D eigenvalue weighted by molar-refractivity contribution is 7.98. The molecule has 2 heterocycles. The van der Waals surface area contributed by atoms with Crippen LogP contribution >= 0.6 is 11.8 Å². The fraction of sp³-hybridized carbons (Fsp3) is 0.450. The van der Waals surface area contributed by atoms with Gasteiger partial charge in [0.05, 0.1) is 12.3 Å². The molecule has 0 saturated carbocycles. The van der Waals surface area contributed by atoms with Crippen LogP contribution in [0.3, 0.4) is 0 Å². The van der Waals surface area contributed by atoms with Crippen LogP contribution < -0.4 is 0 Å². The molecular formula is C20H24FN5OS. The molecule has 1 atom stereocenters. The topological polar surface area (TPSA) is 65.2 Å². The Morgan fingerprint density at radius 1 is 1.21 bits per heavy atom. The summed E-state index contributed by atoms with van der Waals surface area (Å²) in [6.07, 6.45) is 3.47. The van der Waals surface area contributed by atoms with Crippen molar-refractivity contribution >= 4 is 17.7 Å². The van der Waals surface area contributed by atoms with E-state index in [9.17, 15) is 14.4 Å². The second-order valence-electron chi connectivity index (χ2n) is 7.09. The van der Waals surface area contributed by atoms with E-state index in [0.29, 0.717) is 42.7 Å². The Morgan fingerprint density at radius 2 is 1.86 bits per heavy atom. The predicted octanol–water partition coefficient (Wildman–Crippen LogP) is 3.04. The smallest absolute Gasteiger partial charge is 0.272 e. The molecule has 3 rings (SSSR count). The number of aromatic nitrogens is 2. The summed E-state index contributed by atoms with van der Waals surface area (Å²) >= 11 is 1.43. The molecule has 1 amide bonds. The van der Waals surface area contributed by atoms with Crippen LogP contribution in [0, 0.1) is 23.1 Å². The van der Waals surface area contributed by atoms with Crippen LogP contribution in [0.25, 0.3) is 5.69 Å². The molecule has 28 heavy (non-hydrogen) atoms. The summed E-state index contributed by atoms with van der Waals surface area (Å²) in [4.78, 5) is 21.5. The van der Waals surface area contributed by atoms with Gasteiger partial charge in [0.25, 0.3) is 5.91 Å². The molecule has 0 radical (unpaired) electrons. The van der Waals surface area contributed by atoms with Gasteiger partial charge in [-0.05, 0) is 36.4 Å². The normalized spacial score (nSPS) is 16.2. The highest BCUT2D eigenvalue weighted by atomic mass is 32.2. The van der Waals surface area contributed by atoms with Crippen molar-refractivity contribution in [3.8, 4) is 11.8 Å². The van der Waals surface area contributed by atoms with Crippen LogP contribution in [-0.2, 0) is 0 Å². The average molecular weight is 402 g/mol. The van der Waals surface area contributed by atoms with E-state index in [1.54, 1.807) is 27.8 Å². The molecule has 1 aliphatic rings. The van der Waals surface area contributed by atoms with Gasteiger partial charge in [0.1, 0.15) is 17.6 Å². The molecule has 0 aliphatic carbocycles. The number of imidazole rings is 1. The van der Waals surface area contributed by atoms with Crippen LogP contribution in [0.2, 0.25) is 0 Å². The van der Waals surface area contributed by atoms with Gasteiger partial charge in [-0.1, -0.05) is 25.6 Å². The van der Waals surface area contributed by atoms with Crippen molar-refractivity contribution in [1.82, 2.24) is 19.4 Å². The molecule has 2 aromatic rings. The Balaban J connectivity index is 1.80. The lowest BCUT2D eigenvalue weighted by Gasteiger charge is -2.38. The molecule has 1 fully saturated rings. The number of hydrogen-bond donors (Lipinski definition) is 0. The van der Waals surface area contributed by atoms with Crippen LogP contribution in [0.5, 0.6) is 0 Å². The first-order valence-electron chi connectivity index (χ1n) is 9.27. The number of halogens is 1. The van der Waals surface area contributed by atoms with Crippen molar-refractivity contribution < 1.29 is 9.18 Å². The van der Waals surface area contributed by atoms with Gasteiger partial charge in [-0.15, -0.1) is 0 Å². The molecule has 0 spiro atoms. The zero-order chi connectivity index (χ0) is 20.3. The van der Waals surface area contributed by atoms with Crippen molar-refractivity contribution in [2.75, 3.05) is 32.4 Å². The zero-order valence-corrected chi connectivity index (χ0v) is 17.1. The van der Waals surface area contributed by atoms with E-state index in [1.165, 1.54) is 23.9 Å². The van der Waals surface area contributed by atoms with Crippen LogP contribution in [-0.4, -0.2) is 63.7 Å². The monoisotopic (exact) mass is 401 g/mol. The quantitative estimate of drug-likeness (QED) is 0.721. The zero-order valence-electron chi connectivity index (χ0n) is 16.3. The molecule has 0 N–H and O–H groups in total. The molecule has 1 aromatic carbocycles. The molecule has 1 aromatic heterocycles. The standard InChI is InChI=1S/C20H24FN5OS/c1-14(2)17(12-22)24-8-10-25(11-9-24)19(27)18-13-23-20(28-3)26(18)16-6-4-15(21)5-7-16/h4-7,13-14,17H,8-11H2,1-3H3. The van der Waals surface area contributed by atoms with Crippen molar-refractivity contribution in [2.24, 2.45) is 5.92 Å². The van der Waals surface area contributed by atoms with Gasteiger partial charge in [0.15, 0.2) is 5.16 Å². The Morgan fingerprint density at radius 3 is 2.39 bits per heavy atom. The minimum atomic E-state index is -0.323. The molecule has 6 nitrogen and oxygen atoms in total. The van der Waals surface area contributed by atoms with Gasteiger partial charge in [-0.25, -0.2) is 9.37 Å². The van der Waals surface area contributed by atoms with Gasteiger partial charge in [-0.2, -0.15) is 5.26 Å². The van der Waals surface area contributed by atoms with E-state index >= 15 is 0 Å². The van der Waals surface area contributed by atoms with Crippen molar-refractivity contribution in [1.29, 1.82) is 5.26 Å². The molecular weight excluding hydrogens is 377 g/mol. The van der Waals surface area contributed by atoms with Crippen LogP contribution in [0.4, 0.5) is 4.39 Å². The summed E-state index contributed by atoms with van der Waals surface area (Å²) in [5, 5.41) is 10.1. The Hall–Kier alpha value is -2.37. The molecule has 1 aliphatic heterocycles. The minimum Gasteiger partial charge on any atom is -0.335 e. The number of thioether (sulfide) groups is 1. The molecule has 1 saturated heterocycles. The molecule has 1 unspecified atom stereocenters. The first kappa shape index (κ1) is 20.4. The number of benzene rings is 1. The summed E-state index contributed by atoms with van der Waals surface area (Å²) in [5.41, 5.74) is 1.17. The number of rotatable bonds is 5. The fourth-order valence-electron chi connectivity index (χ4n) is 3.49. The van der Waals surface area contributed by atoms with Gasteiger partial charge < -0.3 is 4.90 Å². The lowest BCUT2D eigenvalue weighted by molar-refractivity contribution is 0.0569. The third-order valence-electron chi connectivity index (χ3n) is 4.97. The Kier molecular flexibility index (Phi) is 6.37. The second-order valence-corrected chi connectivity index (χ2v) is 7.86. The summed E-state index contributed by atoms with van der Waals surface area (Å²) < 4.78 is 15.1. The minimum absolute atomic E-state index is 0.102.